The Morgan fingerprint density at radius 2 is 1.60 bits per heavy atom. The number of carbonyl (C=O) groups excluding carboxylic acids is 2. The predicted octanol–water partition coefficient (Wildman–Crippen LogP) is 4.63. The number of rotatable bonds is 6. The van der Waals surface area contributed by atoms with Crippen LogP contribution in [0.4, 0.5) is 20.6 Å². The number of methoxy groups -OCH3 is 1. The van der Waals surface area contributed by atoms with Gasteiger partial charge in [0.25, 0.3) is 5.91 Å². The quantitative estimate of drug-likeness (QED) is 0.554. The smallest absolute Gasteiger partial charge is 0.323 e. The van der Waals surface area contributed by atoms with Gasteiger partial charge in [-0.15, -0.1) is 0 Å². The molecule has 0 fully saturated rings. The molecule has 0 bridgehead atoms. The number of benzene rings is 3. The van der Waals surface area contributed by atoms with Crippen LogP contribution in [0.1, 0.15) is 10.4 Å². The molecule has 0 aliphatic heterocycles. The van der Waals surface area contributed by atoms with Crippen LogP contribution < -0.4 is 25.4 Å². The summed E-state index contributed by atoms with van der Waals surface area (Å²) in [4.78, 5) is 23.9. The molecule has 0 aliphatic carbocycles. The lowest BCUT2D eigenvalue weighted by molar-refractivity contribution is 0.0958. The highest BCUT2D eigenvalue weighted by atomic mass is 19.1. The molecule has 0 saturated heterocycles. The largest absolute Gasteiger partial charge is 0.495 e. The second-order valence-corrected chi connectivity index (χ2v) is 6.13. The van der Waals surface area contributed by atoms with Crippen molar-refractivity contribution < 1.29 is 23.5 Å². The molecule has 3 rings (SSSR count). The number of hydrogen-bond acceptors (Lipinski definition) is 4. The Morgan fingerprint density at radius 3 is 2.30 bits per heavy atom. The maximum Gasteiger partial charge on any atom is 0.323 e. The zero-order chi connectivity index (χ0) is 21.5. The number of nitrogens with one attached hydrogen (secondary N) is 3. The predicted molar refractivity (Wildman–Crippen MR) is 112 cm³/mol. The van der Waals surface area contributed by atoms with E-state index in [9.17, 15) is 14.0 Å². The van der Waals surface area contributed by atoms with Crippen molar-refractivity contribution in [2.75, 3.05) is 24.8 Å². The van der Waals surface area contributed by atoms with Crippen molar-refractivity contribution in [3.05, 3.63) is 78.1 Å². The zero-order valence-electron chi connectivity index (χ0n) is 16.4. The van der Waals surface area contributed by atoms with Gasteiger partial charge in [0.15, 0.2) is 0 Å². The van der Waals surface area contributed by atoms with Crippen molar-refractivity contribution in [2.45, 2.75) is 0 Å². The number of anilines is 2. The summed E-state index contributed by atoms with van der Waals surface area (Å²) in [5.74, 6) is 0.137. The van der Waals surface area contributed by atoms with Gasteiger partial charge in [0, 0.05) is 12.7 Å². The molecule has 3 aromatic carbocycles. The molecule has 0 unspecified atom stereocenters. The van der Waals surface area contributed by atoms with E-state index in [0.29, 0.717) is 28.6 Å². The van der Waals surface area contributed by atoms with E-state index >= 15 is 0 Å². The maximum atomic E-state index is 13.8. The van der Waals surface area contributed by atoms with Crippen molar-refractivity contribution in [3.63, 3.8) is 0 Å². The van der Waals surface area contributed by atoms with E-state index in [0.717, 1.165) is 6.07 Å². The van der Waals surface area contributed by atoms with Gasteiger partial charge in [0.2, 0.25) is 0 Å². The van der Waals surface area contributed by atoms with Gasteiger partial charge in [-0.3, -0.25) is 4.79 Å². The summed E-state index contributed by atoms with van der Waals surface area (Å²) in [6.07, 6.45) is 0. The highest BCUT2D eigenvalue weighted by molar-refractivity contribution is 6.00. The summed E-state index contributed by atoms with van der Waals surface area (Å²) in [5, 5.41) is 7.80. The molecule has 0 aliphatic rings. The second kappa shape index (κ2) is 9.42. The number of hydrogen-bond donors (Lipinski definition) is 3. The van der Waals surface area contributed by atoms with Crippen LogP contribution in [0.5, 0.6) is 17.2 Å². The summed E-state index contributed by atoms with van der Waals surface area (Å²) in [5.41, 5.74) is 0.974. The molecule has 0 radical (unpaired) electrons. The zero-order valence-corrected chi connectivity index (χ0v) is 16.4. The van der Waals surface area contributed by atoms with Gasteiger partial charge in [0.1, 0.15) is 23.1 Å². The van der Waals surface area contributed by atoms with Crippen LogP contribution >= 0.6 is 0 Å². The Labute approximate surface area is 172 Å². The van der Waals surface area contributed by atoms with Crippen molar-refractivity contribution in [2.24, 2.45) is 0 Å². The van der Waals surface area contributed by atoms with Crippen LogP contribution in [0.15, 0.2) is 66.7 Å². The first-order chi connectivity index (χ1) is 14.5. The van der Waals surface area contributed by atoms with Gasteiger partial charge < -0.3 is 25.4 Å². The van der Waals surface area contributed by atoms with Gasteiger partial charge in [-0.25, -0.2) is 9.18 Å². The molecule has 0 aromatic heterocycles. The van der Waals surface area contributed by atoms with E-state index in [2.05, 4.69) is 16.0 Å². The highest BCUT2D eigenvalue weighted by Crippen LogP contribution is 2.26. The average Bonchev–Trinajstić information content (AvgIpc) is 2.76. The fourth-order valence-electron chi connectivity index (χ4n) is 2.65. The number of para-hydroxylation sites is 2. The first kappa shape index (κ1) is 20.7. The number of carbonyl (C=O) groups is 2. The Balaban J connectivity index is 1.64. The fraction of sp³-hybridized carbons (Fsp3) is 0.0909. The van der Waals surface area contributed by atoms with E-state index < -0.39 is 17.8 Å². The topological polar surface area (TPSA) is 88.7 Å². The van der Waals surface area contributed by atoms with Gasteiger partial charge in [-0.05, 0) is 54.6 Å². The SMILES string of the molecule is CNC(=O)c1cc(Oc2ccc(NC(=O)Nc3ccccc3OC)cc2)ccc1F. The minimum Gasteiger partial charge on any atom is -0.495 e. The monoisotopic (exact) mass is 409 g/mol. The van der Waals surface area contributed by atoms with Gasteiger partial charge in [-0.1, -0.05) is 12.1 Å². The molecule has 8 heteroatoms. The summed E-state index contributed by atoms with van der Waals surface area (Å²) >= 11 is 0. The third-order valence-corrected chi connectivity index (χ3v) is 4.11. The van der Waals surface area contributed by atoms with Crippen LogP contribution in [-0.4, -0.2) is 26.1 Å². The first-order valence-corrected chi connectivity index (χ1v) is 9.00. The Morgan fingerprint density at radius 1 is 0.900 bits per heavy atom. The summed E-state index contributed by atoms with van der Waals surface area (Å²) in [6, 6.07) is 17.1. The first-order valence-electron chi connectivity index (χ1n) is 9.00. The lowest BCUT2D eigenvalue weighted by atomic mass is 10.2. The van der Waals surface area contributed by atoms with E-state index in [1.165, 1.54) is 26.3 Å². The number of urea groups is 1. The standard InChI is InChI=1S/C22H20FN3O4/c1-24-21(27)17-13-16(11-12-18(17)23)30-15-9-7-14(8-10-15)25-22(28)26-19-5-3-4-6-20(19)29-2/h3-13H,1-2H3,(H,24,27)(H2,25,26,28). The molecule has 0 heterocycles. The van der Waals surface area contributed by atoms with E-state index in [1.54, 1.807) is 48.5 Å². The Kier molecular flexibility index (Phi) is 6.49. The molecular formula is C22H20FN3O4. The molecule has 0 saturated carbocycles. The summed E-state index contributed by atoms with van der Waals surface area (Å²) in [6.45, 7) is 0. The molecule has 0 atom stereocenters. The van der Waals surface area contributed by atoms with Gasteiger partial charge in [0.05, 0.1) is 18.4 Å². The lowest BCUT2D eigenvalue weighted by Crippen LogP contribution is -2.19. The van der Waals surface area contributed by atoms with Crippen LogP contribution in [0.3, 0.4) is 0 Å². The molecule has 30 heavy (non-hydrogen) atoms. The maximum absolute atomic E-state index is 13.8. The van der Waals surface area contributed by atoms with E-state index in [1.807, 2.05) is 0 Å². The minimum absolute atomic E-state index is 0.110. The van der Waals surface area contributed by atoms with E-state index in [4.69, 9.17) is 9.47 Å². The van der Waals surface area contributed by atoms with Crippen molar-refractivity contribution in [1.82, 2.24) is 5.32 Å². The summed E-state index contributed by atoms with van der Waals surface area (Å²) < 4.78 is 24.6. The van der Waals surface area contributed by atoms with Crippen LogP contribution in [0.25, 0.3) is 0 Å². The molecule has 154 valence electrons. The molecule has 0 spiro atoms. The van der Waals surface area contributed by atoms with Crippen molar-refractivity contribution in [1.29, 1.82) is 0 Å². The fourth-order valence-corrected chi connectivity index (χ4v) is 2.65. The molecule has 3 amide bonds. The second-order valence-electron chi connectivity index (χ2n) is 6.13. The molecule has 3 aromatic rings. The molecular weight excluding hydrogens is 389 g/mol. The van der Waals surface area contributed by atoms with Crippen LogP contribution in [0, 0.1) is 5.82 Å². The number of halogens is 1. The number of amides is 3. The summed E-state index contributed by atoms with van der Waals surface area (Å²) in [7, 11) is 2.95. The highest BCUT2D eigenvalue weighted by Gasteiger charge is 2.12. The number of ether oxygens (including phenoxy) is 2. The average molecular weight is 409 g/mol. The van der Waals surface area contributed by atoms with Gasteiger partial charge >= 0.3 is 6.03 Å². The van der Waals surface area contributed by atoms with Crippen molar-refractivity contribution in [3.8, 4) is 17.2 Å². The van der Waals surface area contributed by atoms with Crippen molar-refractivity contribution >= 4 is 23.3 Å². The minimum atomic E-state index is -0.637. The molecule has 3 N–H and O–H groups in total. The third-order valence-electron chi connectivity index (χ3n) is 4.11. The third kappa shape index (κ3) is 5.05. The van der Waals surface area contributed by atoms with E-state index in [-0.39, 0.29) is 5.56 Å². The van der Waals surface area contributed by atoms with Gasteiger partial charge in [-0.2, -0.15) is 0 Å². The van der Waals surface area contributed by atoms with Crippen LogP contribution in [0.2, 0.25) is 0 Å². The Hall–Kier alpha value is -4.07. The lowest BCUT2D eigenvalue weighted by Gasteiger charge is -2.12. The van der Waals surface area contributed by atoms with Crippen LogP contribution in [-0.2, 0) is 0 Å². The molecule has 7 nitrogen and oxygen atoms in total. The Bertz CT molecular complexity index is 1050. The normalized spacial score (nSPS) is 10.1.